The normalized spacial score (nSPS) is 27.4. The smallest absolute Gasteiger partial charge is 0.321 e. The molecular weight excluding hydrogens is 348 g/mol. The molecule has 1 aromatic heterocycles. The first-order chi connectivity index (χ1) is 13.6. The number of carbonyl (C=O) groups is 1. The zero-order valence-corrected chi connectivity index (χ0v) is 17.1. The minimum Gasteiger partial charge on any atom is -0.347 e. The van der Waals surface area contributed by atoms with E-state index in [0.717, 1.165) is 25.3 Å². The van der Waals surface area contributed by atoms with E-state index in [-0.39, 0.29) is 6.03 Å². The Kier molecular flexibility index (Phi) is 4.58. The van der Waals surface area contributed by atoms with E-state index in [1.165, 1.54) is 43.3 Å². The summed E-state index contributed by atoms with van der Waals surface area (Å²) in [4.78, 5) is 17.6. The lowest BCUT2D eigenvalue weighted by Gasteiger charge is -2.33. The summed E-state index contributed by atoms with van der Waals surface area (Å²) in [5.41, 5.74) is 2.14. The lowest BCUT2D eigenvalue weighted by molar-refractivity contribution is 0.157. The fourth-order valence-corrected chi connectivity index (χ4v) is 5.75. The monoisotopic (exact) mass is 380 g/mol. The molecule has 0 unspecified atom stereocenters. The van der Waals surface area contributed by atoms with Crippen molar-refractivity contribution >= 4 is 22.6 Å². The Bertz CT molecular complexity index is 873. The molecule has 1 aromatic carbocycles. The van der Waals surface area contributed by atoms with Crippen LogP contribution in [0, 0.1) is 17.8 Å². The number of amides is 2. The molecule has 150 valence electrons. The van der Waals surface area contributed by atoms with E-state index < -0.39 is 0 Å². The van der Waals surface area contributed by atoms with Gasteiger partial charge in [-0.3, -0.25) is 4.90 Å². The number of rotatable bonds is 3. The quantitative estimate of drug-likeness (QED) is 0.865. The summed E-state index contributed by atoms with van der Waals surface area (Å²) < 4.78 is 2.29. The Balaban J connectivity index is 1.25. The number of urea groups is 1. The van der Waals surface area contributed by atoms with Crippen LogP contribution in [0.2, 0.25) is 0 Å². The van der Waals surface area contributed by atoms with Crippen LogP contribution in [-0.2, 0) is 6.54 Å². The van der Waals surface area contributed by atoms with Crippen molar-refractivity contribution in [3.63, 3.8) is 0 Å². The van der Waals surface area contributed by atoms with Crippen LogP contribution in [0.5, 0.6) is 0 Å². The third-order valence-corrected chi connectivity index (χ3v) is 6.99. The highest BCUT2D eigenvalue weighted by atomic mass is 16.2. The number of carbonyl (C=O) groups excluding carboxylic acids is 1. The van der Waals surface area contributed by atoms with Gasteiger partial charge in [-0.25, -0.2) is 4.79 Å². The number of likely N-dealkylation sites (tertiary alicyclic amines) is 1. The number of anilines is 1. The Labute approximate surface area is 167 Å². The van der Waals surface area contributed by atoms with Gasteiger partial charge in [0.25, 0.3) is 0 Å². The average molecular weight is 381 g/mol. The lowest BCUT2D eigenvalue weighted by Crippen LogP contribution is -2.41. The van der Waals surface area contributed by atoms with Gasteiger partial charge in [0.15, 0.2) is 0 Å². The van der Waals surface area contributed by atoms with Crippen LogP contribution < -0.4 is 5.32 Å². The zero-order valence-electron chi connectivity index (χ0n) is 17.1. The van der Waals surface area contributed by atoms with Crippen molar-refractivity contribution in [2.75, 3.05) is 31.5 Å². The second-order valence-electron chi connectivity index (χ2n) is 9.45. The molecule has 5 heteroatoms. The molecule has 0 saturated carbocycles. The summed E-state index contributed by atoms with van der Waals surface area (Å²) in [5, 5.41) is 4.34. The zero-order chi connectivity index (χ0) is 19.3. The fourth-order valence-electron chi connectivity index (χ4n) is 5.75. The highest BCUT2D eigenvalue weighted by molar-refractivity contribution is 5.93. The van der Waals surface area contributed by atoms with Gasteiger partial charge in [-0.2, -0.15) is 0 Å². The van der Waals surface area contributed by atoms with Crippen LogP contribution in [0.4, 0.5) is 10.5 Å². The van der Waals surface area contributed by atoms with Gasteiger partial charge in [0.1, 0.15) is 0 Å². The predicted molar refractivity (Wildman–Crippen MR) is 114 cm³/mol. The number of benzene rings is 1. The Morgan fingerprint density at radius 2 is 2.07 bits per heavy atom. The van der Waals surface area contributed by atoms with Gasteiger partial charge in [0.05, 0.1) is 0 Å². The summed E-state index contributed by atoms with van der Waals surface area (Å²) in [6, 6.07) is 9.20. The molecule has 3 aliphatic rings. The topological polar surface area (TPSA) is 40.5 Å². The summed E-state index contributed by atoms with van der Waals surface area (Å²) in [5.74, 6) is 1.96. The number of hydrogen-bond donors (Lipinski definition) is 1. The van der Waals surface area contributed by atoms with Crippen molar-refractivity contribution in [1.29, 1.82) is 0 Å². The van der Waals surface area contributed by atoms with Gasteiger partial charge in [-0.15, -0.1) is 0 Å². The standard InChI is InChI=1S/C23H32N4O/c1-16(2)12-26-10-8-17-11-19(6-7-21(17)26)24-23(28)27-14-18-13-25-9-4-3-5-22(25)20(18)15-27/h6-8,10-11,16,18,20,22H,3-5,9,12-15H2,1-2H3,(H,24,28)/t18-,20-,22-/m0/s1. The molecule has 2 amide bonds. The largest absolute Gasteiger partial charge is 0.347 e. The predicted octanol–water partition coefficient (Wildman–Crippen LogP) is 4.25. The molecule has 5 rings (SSSR count). The lowest BCUT2D eigenvalue weighted by atomic mass is 9.90. The summed E-state index contributed by atoms with van der Waals surface area (Å²) in [6.07, 6.45) is 6.17. The van der Waals surface area contributed by atoms with Crippen molar-refractivity contribution in [3.05, 3.63) is 30.5 Å². The van der Waals surface area contributed by atoms with Crippen LogP contribution in [0.1, 0.15) is 33.1 Å². The van der Waals surface area contributed by atoms with Gasteiger partial charge < -0.3 is 14.8 Å². The van der Waals surface area contributed by atoms with Gasteiger partial charge in [0.2, 0.25) is 0 Å². The van der Waals surface area contributed by atoms with Crippen molar-refractivity contribution in [2.24, 2.45) is 17.8 Å². The van der Waals surface area contributed by atoms with Crippen LogP contribution in [0.25, 0.3) is 10.9 Å². The molecule has 2 aromatic rings. The minimum absolute atomic E-state index is 0.0673. The second kappa shape index (κ2) is 7.11. The maximum Gasteiger partial charge on any atom is 0.321 e. The van der Waals surface area contributed by atoms with Gasteiger partial charge >= 0.3 is 6.03 Å². The molecule has 28 heavy (non-hydrogen) atoms. The van der Waals surface area contributed by atoms with E-state index >= 15 is 0 Å². The van der Waals surface area contributed by atoms with E-state index in [0.29, 0.717) is 23.8 Å². The molecule has 0 radical (unpaired) electrons. The average Bonchev–Trinajstić information content (AvgIpc) is 3.34. The first kappa shape index (κ1) is 18.0. The molecule has 5 nitrogen and oxygen atoms in total. The van der Waals surface area contributed by atoms with Crippen LogP contribution in [-0.4, -0.2) is 52.6 Å². The van der Waals surface area contributed by atoms with Crippen LogP contribution >= 0.6 is 0 Å². The summed E-state index contributed by atoms with van der Waals surface area (Å²) in [7, 11) is 0. The maximum atomic E-state index is 12.9. The molecule has 3 atom stereocenters. The number of nitrogens with one attached hydrogen (secondary N) is 1. The highest BCUT2D eigenvalue weighted by Crippen LogP contribution is 2.40. The van der Waals surface area contributed by atoms with E-state index in [1.54, 1.807) is 0 Å². The fraction of sp³-hybridized carbons (Fsp3) is 0.609. The molecule has 0 spiro atoms. The number of fused-ring (bicyclic) bond motifs is 4. The molecule has 1 N–H and O–H groups in total. The molecular formula is C23H32N4O. The maximum absolute atomic E-state index is 12.9. The van der Waals surface area contributed by atoms with Crippen molar-refractivity contribution in [2.45, 2.75) is 45.7 Å². The number of hydrogen-bond acceptors (Lipinski definition) is 2. The van der Waals surface area contributed by atoms with Gasteiger partial charge in [-0.1, -0.05) is 20.3 Å². The van der Waals surface area contributed by atoms with E-state index in [1.807, 2.05) is 6.07 Å². The third-order valence-electron chi connectivity index (χ3n) is 6.99. The van der Waals surface area contributed by atoms with Crippen molar-refractivity contribution in [3.8, 4) is 0 Å². The Hall–Kier alpha value is -2.01. The first-order valence-electron chi connectivity index (χ1n) is 11.0. The van der Waals surface area contributed by atoms with E-state index in [2.05, 4.69) is 57.9 Å². The number of aromatic nitrogens is 1. The molecule has 4 heterocycles. The first-order valence-corrected chi connectivity index (χ1v) is 11.0. The van der Waals surface area contributed by atoms with Crippen LogP contribution in [0.15, 0.2) is 30.5 Å². The van der Waals surface area contributed by atoms with Gasteiger partial charge in [-0.05, 0) is 61.4 Å². The molecule has 0 bridgehead atoms. The van der Waals surface area contributed by atoms with Gasteiger partial charge in [0, 0.05) is 55.0 Å². The van der Waals surface area contributed by atoms with E-state index in [9.17, 15) is 4.79 Å². The molecule has 3 aliphatic heterocycles. The molecule has 3 saturated heterocycles. The molecule has 0 aliphatic carbocycles. The Morgan fingerprint density at radius 3 is 2.93 bits per heavy atom. The number of piperidine rings is 1. The summed E-state index contributed by atoms with van der Waals surface area (Å²) in [6.45, 7) is 9.77. The highest BCUT2D eigenvalue weighted by Gasteiger charge is 2.48. The second-order valence-corrected chi connectivity index (χ2v) is 9.45. The van der Waals surface area contributed by atoms with E-state index in [4.69, 9.17) is 0 Å². The Morgan fingerprint density at radius 1 is 1.18 bits per heavy atom. The summed E-state index contributed by atoms with van der Waals surface area (Å²) >= 11 is 0. The number of nitrogens with zero attached hydrogens (tertiary/aromatic N) is 3. The molecule has 3 fully saturated rings. The minimum atomic E-state index is 0.0673. The van der Waals surface area contributed by atoms with Crippen molar-refractivity contribution < 1.29 is 4.79 Å². The van der Waals surface area contributed by atoms with Crippen LogP contribution in [0.3, 0.4) is 0 Å². The van der Waals surface area contributed by atoms with Crippen molar-refractivity contribution in [1.82, 2.24) is 14.4 Å². The SMILES string of the molecule is CC(C)Cn1ccc2cc(NC(=O)N3C[C@@H]4CN5CCCC[C@H]5[C@H]4C3)ccc21. The third kappa shape index (κ3) is 3.20.